The minimum atomic E-state index is -1.21. The van der Waals surface area contributed by atoms with Gasteiger partial charge in [0.25, 0.3) is 11.8 Å². The number of rotatable bonds is 6. The number of nitrogens with one attached hydrogen (secondary N) is 1. The molecule has 2 fully saturated rings. The number of urea groups is 1. The topological polar surface area (TPSA) is 99.3 Å². The number of benzene rings is 2. The van der Waals surface area contributed by atoms with E-state index < -0.39 is 17.5 Å². The minimum absolute atomic E-state index is 0.115. The highest BCUT2D eigenvalue weighted by molar-refractivity contribution is 6.30. The van der Waals surface area contributed by atoms with E-state index in [1.165, 1.54) is 0 Å². The fraction of sp³-hybridized carbons (Fsp3) is 0.333. The summed E-state index contributed by atoms with van der Waals surface area (Å²) in [7, 11) is 0. The van der Waals surface area contributed by atoms with Gasteiger partial charge in [0.05, 0.1) is 0 Å². The van der Waals surface area contributed by atoms with Crippen molar-refractivity contribution >= 4 is 35.4 Å². The van der Waals surface area contributed by atoms with Crippen LogP contribution in [-0.4, -0.2) is 77.8 Å². The molecule has 2 saturated heterocycles. The van der Waals surface area contributed by atoms with Crippen molar-refractivity contribution < 1.29 is 23.9 Å². The highest BCUT2D eigenvalue weighted by atomic mass is 35.5. The first-order valence-electron chi connectivity index (χ1n) is 10.9. The molecule has 9 nitrogen and oxygen atoms in total. The molecule has 2 heterocycles. The SMILES string of the molecule is CC1(c2ccccc2)NC(=O)N(CC(=O)N2CCN(C(=O)COc3ccc(Cl)cc3)CC2)C1=O. The van der Waals surface area contributed by atoms with Crippen molar-refractivity contribution in [2.45, 2.75) is 12.5 Å². The van der Waals surface area contributed by atoms with Gasteiger partial charge in [0.15, 0.2) is 6.61 Å². The fourth-order valence-corrected chi connectivity index (χ4v) is 4.14. The molecule has 0 aromatic heterocycles. The van der Waals surface area contributed by atoms with Crippen LogP contribution in [0.4, 0.5) is 4.79 Å². The third kappa shape index (κ3) is 4.84. The largest absolute Gasteiger partial charge is 0.484 e. The van der Waals surface area contributed by atoms with E-state index >= 15 is 0 Å². The van der Waals surface area contributed by atoms with Gasteiger partial charge in [0.1, 0.15) is 17.8 Å². The van der Waals surface area contributed by atoms with Gasteiger partial charge in [-0.05, 0) is 36.8 Å². The van der Waals surface area contributed by atoms with E-state index in [-0.39, 0.29) is 25.0 Å². The summed E-state index contributed by atoms with van der Waals surface area (Å²) < 4.78 is 5.50. The molecule has 0 bridgehead atoms. The quantitative estimate of drug-likeness (QED) is 0.631. The lowest BCUT2D eigenvalue weighted by atomic mass is 9.92. The average molecular weight is 485 g/mol. The highest BCUT2D eigenvalue weighted by Crippen LogP contribution is 2.28. The Bertz CT molecular complexity index is 1090. The maximum Gasteiger partial charge on any atom is 0.325 e. The molecule has 178 valence electrons. The third-order valence-electron chi connectivity index (χ3n) is 6.08. The van der Waals surface area contributed by atoms with Gasteiger partial charge in [-0.25, -0.2) is 4.79 Å². The molecule has 0 aliphatic carbocycles. The number of amides is 5. The molecule has 1 N–H and O–H groups in total. The maximum atomic E-state index is 13.0. The van der Waals surface area contributed by atoms with E-state index in [1.54, 1.807) is 65.3 Å². The van der Waals surface area contributed by atoms with Crippen LogP contribution in [0.2, 0.25) is 5.02 Å². The number of imide groups is 1. The predicted molar refractivity (Wildman–Crippen MR) is 124 cm³/mol. The Morgan fingerprint density at radius 1 is 0.941 bits per heavy atom. The molecule has 10 heteroatoms. The molecule has 4 rings (SSSR count). The Labute approximate surface area is 202 Å². The molecular formula is C24H25ClN4O5. The predicted octanol–water partition coefficient (Wildman–Crippen LogP) is 1.86. The Balaban J connectivity index is 1.28. The summed E-state index contributed by atoms with van der Waals surface area (Å²) in [6.45, 7) is 2.48. The molecule has 5 amide bonds. The van der Waals surface area contributed by atoms with Crippen LogP contribution < -0.4 is 10.1 Å². The van der Waals surface area contributed by atoms with Crippen LogP contribution in [0.15, 0.2) is 54.6 Å². The van der Waals surface area contributed by atoms with E-state index in [2.05, 4.69) is 5.32 Å². The molecular weight excluding hydrogens is 460 g/mol. The van der Waals surface area contributed by atoms with E-state index in [0.29, 0.717) is 42.5 Å². The van der Waals surface area contributed by atoms with E-state index in [0.717, 1.165) is 4.90 Å². The molecule has 0 radical (unpaired) electrons. The smallest absolute Gasteiger partial charge is 0.325 e. The first-order valence-corrected chi connectivity index (χ1v) is 11.3. The molecule has 34 heavy (non-hydrogen) atoms. The van der Waals surface area contributed by atoms with Gasteiger partial charge in [0.2, 0.25) is 5.91 Å². The molecule has 2 aromatic rings. The van der Waals surface area contributed by atoms with Crippen molar-refractivity contribution in [3.8, 4) is 5.75 Å². The van der Waals surface area contributed by atoms with E-state index in [9.17, 15) is 19.2 Å². The summed E-state index contributed by atoms with van der Waals surface area (Å²) in [4.78, 5) is 54.9. The fourth-order valence-electron chi connectivity index (χ4n) is 4.02. The number of carbonyl (C=O) groups is 4. The number of ether oxygens (including phenoxy) is 1. The summed E-state index contributed by atoms with van der Waals surface area (Å²) in [5, 5.41) is 3.28. The second-order valence-electron chi connectivity index (χ2n) is 8.32. The molecule has 1 atom stereocenters. The van der Waals surface area contributed by atoms with Crippen LogP contribution in [0.5, 0.6) is 5.75 Å². The van der Waals surface area contributed by atoms with Gasteiger partial charge in [-0.2, -0.15) is 0 Å². The maximum absolute atomic E-state index is 13.0. The molecule has 0 spiro atoms. The molecule has 2 aromatic carbocycles. The van der Waals surface area contributed by atoms with Crippen LogP contribution in [0.25, 0.3) is 0 Å². The number of carbonyl (C=O) groups excluding carboxylic acids is 4. The van der Waals surface area contributed by atoms with Gasteiger partial charge in [-0.15, -0.1) is 0 Å². The molecule has 2 aliphatic rings. The van der Waals surface area contributed by atoms with E-state index in [1.807, 2.05) is 6.07 Å². The van der Waals surface area contributed by atoms with Gasteiger partial charge in [-0.3, -0.25) is 19.3 Å². The van der Waals surface area contributed by atoms with Gasteiger partial charge in [0, 0.05) is 31.2 Å². The summed E-state index contributed by atoms with van der Waals surface area (Å²) >= 11 is 5.84. The zero-order chi connectivity index (χ0) is 24.3. The van der Waals surface area contributed by atoms with Crippen molar-refractivity contribution in [3.63, 3.8) is 0 Å². The lowest BCUT2D eigenvalue weighted by Crippen LogP contribution is -2.54. The Morgan fingerprint density at radius 3 is 2.15 bits per heavy atom. The number of halogens is 1. The summed E-state index contributed by atoms with van der Waals surface area (Å²) in [6, 6.07) is 15.0. The normalized spacial score (nSPS) is 20.4. The minimum Gasteiger partial charge on any atom is -0.484 e. The number of hydrogen-bond acceptors (Lipinski definition) is 5. The Morgan fingerprint density at radius 2 is 1.53 bits per heavy atom. The van der Waals surface area contributed by atoms with Crippen LogP contribution in [0, 0.1) is 0 Å². The third-order valence-corrected chi connectivity index (χ3v) is 6.33. The first kappa shape index (κ1) is 23.6. The highest BCUT2D eigenvalue weighted by Gasteiger charge is 2.49. The summed E-state index contributed by atoms with van der Waals surface area (Å²) in [5.74, 6) is -0.451. The molecule has 2 aliphatic heterocycles. The molecule has 1 unspecified atom stereocenters. The van der Waals surface area contributed by atoms with Crippen LogP contribution in [0.1, 0.15) is 12.5 Å². The van der Waals surface area contributed by atoms with Crippen molar-refractivity contribution in [2.75, 3.05) is 39.3 Å². The number of piperazine rings is 1. The zero-order valence-corrected chi connectivity index (χ0v) is 19.5. The van der Waals surface area contributed by atoms with Crippen molar-refractivity contribution in [2.24, 2.45) is 0 Å². The Hall–Kier alpha value is -3.59. The van der Waals surface area contributed by atoms with Crippen LogP contribution in [0.3, 0.4) is 0 Å². The van der Waals surface area contributed by atoms with Crippen molar-refractivity contribution in [3.05, 3.63) is 65.2 Å². The molecule has 0 saturated carbocycles. The van der Waals surface area contributed by atoms with Crippen molar-refractivity contribution in [1.82, 2.24) is 20.0 Å². The lowest BCUT2D eigenvalue weighted by molar-refractivity contribution is -0.143. The van der Waals surface area contributed by atoms with Crippen LogP contribution >= 0.6 is 11.6 Å². The van der Waals surface area contributed by atoms with Crippen LogP contribution in [-0.2, 0) is 19.9 Å². The second kappa shape index (κ2) is 9.72. The standard InChI is InChI=1S/C24H25ClN4O5/c1-24(17-5-3-2-4-6-17)22(32)29(23(33)26-24)15-20(30)27-11-13-28(14-12-27)21(31)16-34-19-9-7-18(25)8-10-19/h2-10H,11-16H2,1H3,(H,26,33). The monoisotopic (exact) mass is 484 g/mol. The lowest BCUT2D eigenvalue weighted by Gasteiger charge is -2.35. The average Bonchev–Trinajstić information content (AvgIpc) is 3.08. The summed E-state index contributed by atoms with van der Waals surface area (Å²) in [6.07, 6.45) is 0. The van der Waals surface area contributed by atoms with Gasteiger partial charge >= 0.3 is 6.03 Å². The summed E-state index contributed by atoms with van der Waals surface area (Å²) in [5.41, 5.74) is -0.565. The van der Waals surface area contributed by atoms with E-state index in [4.69, 9.17) is 16.3 Å². The zero-order valence-electron chi connectivity index (χ0n) is 18.7. The van der Waals surface area contributed by atoms with Gasteiger partial charge in [-0.1, -0.05) is 41.9 Å². The number of hydrogen-bond donors (Lipinski definition) is 1. The van der Waals surface area contributed by atoms with Crippen molar-refractivity contribution in [1.29, 1.82) is 0 Å². The first-order chi connectivity index (χ1) is 16.3. The number of nitrogens with zero attached hydrogens (tertiary/aromatic N) is 3. The Kier molecular flexibility index (Phi) is 6.74. The van der Waals surface area contributed by atoms with Gasteiger partial charge < -0.3 is 19.9 Å². The second-order valence-corrected chi connectivity index (χ2v) is 8.75.